The monoisotopic (exact) mass is 280 g/mol. The van der Waals surface area contributed by atoms with E-state index in [1.54, 1.807) is 31.4 Å². The largest absolute Gasteiger partial charge is 1.00 e. The Bertz CT molecular complexity index is 512. The number of hydrogen-bond acceptors (Lipinski definition) is 3. The number of carboxylic acid groups (broad SMARTS) is 1. The topological polar surface area (TPSA) is 55.8 Å². The van der Waals surface area contributed by atoms with Crippen molar-refractivity contribution >= 4 is 5.97 Å². The molecule has 0 fully saturated rings. The van der Waals surface area contributed by atoms with Crippen LogP contribution in [0.1, 0.15) is 5.56 Å². The van der Waals surface area contributed by atoms with E-state index in [0.717, 1.165) is 5.56 Å². The number of aliphatic carboxylic acids is 1. The zero-order valence-electron chi connectivity index (χ0n) is 12.3. The molecule has 2 aromatic rings. The smallest absolute Gasteiger partial charge is 0.497 e. The van der Waals surface area contributed by atoms with Gasteiger partial charge in [-0.3, -0.25) is 0 Å². The fourth-order valence-electron chi connectivity index (χ4n) is 1.30. The molecule has 1 N–H and O–H groups in total. The molecule has 0 saturated heterocycles. The number of methoxy groups -OCH3 is 1. The molecule has 0 heterocycles. The van der Waals surface area contributed by atoms with Crippen LogP contribution >= 0.6 is 0 Å². The van der Waals surface area contributed by atoms with Gasteiger partial charge in [0.25, 0.3) is 0 Å². The van der Waals surface area contributed by atoms with Gasteiger partial charge >= 0.3 is 24.8 Å². The van der Waals surface area contributed by atoms with E-state index in [4.69, 9.17) is 14.6 Å². The van der Waals surface area contributed by atoms with E-state index >= 15 is 0 Å². The summed E-state index contributed by atoms with van der Waals surface area (Å²) in [5, 5.41) is 8.33. The molecule has 0 amide bonds. The second kappa shape index (κ2) is 10.7. The minimum absolute atomic E-state index is 0. The summed E-state index contributed by atoms with van der Waals surface area (Å²) in [5.41, 5.74) is 1.07. The van der Waals surface area contributed by atoms with Crippen LogP contribution in [0.5, 0.6) is 11.5 Å². The number of carboxylic acids is 1. The first-order valence-electron chi connectivity index (χ1n) is 5.97. The van der Waals surface area contributed by atoms with Crippen molar-refractivity contribution < 1.29 is 38.2 Å². The van der Waals surface area contributed by atoms with Crippen LogP contribution in [0, 0.1) is 6.92 Å². The normalized spacial score (nSPS) is 8.62. The van der Waals surface area contributed by atoms with Gasteiger partial charge in [-0.15, -0.1) is 12.1 Å². The number of benzene rings is 2. The Hall–Kier alpha value is -2.02. The van der Waals surface area contributed by atoms with Gasteiger partial charge in [0.1, 0.15) is 11.5 Å². The molecule has 0 saturated carbocycles. The van der Waals surface area contributed by atoms with E-state index in [1.807, 2.05) is 30.3 Å². The van der Waals surface area contributed by atoms with Gasteiger partial charge in [0.15, 0.2) is 6.61 Å². The fraction of sp³-hybridized carbons (Fsp3) is 0.125. The summed E-state index contributed by atoms with van der Waals surface area (Å²) in [6.45, 7) is 3.39. The third-order valence-electron chi connectivity index (χ3n) is 2.26. The van der Waals surface area contributed by atoms with Crippen molar-refractivity contribution in [1.29, 1.82) is 0 Å². The van der Waals surface area contributed by atoms with Gasteiger partial charge in [-0.25, -0.2) is 4.79 Å². The third kappa shape index (κ3) is 8.69. The Balaban J connectivity index is 0.000000425. The predicted octanol–water partition coefficient (Wildman–Crippen LogP) is 0.0314. The average Bonchev–Trinajstić information content (AvgIpc) is 2.47. The molecule has 4 nitrogen and oxygen atoms in total. The maximum atomic E-state index is 10.1. The van der Waals surface area contributed by atoms with Crippen molar-refractivity contribution in [3.63, 3.8) is 0 Å². The van der Waals surface area contributed by atoms with Gasteiger partial charge in [0, 0.05) is 0 Å². The molecule has 2 aromatic carbocycles. The number of carbonyl (C=O) groups is 1. The van der Waals surface area contributed by atoms with E-state index in [1.165, 1.54) is 0 Å². The summed E-state index contributed by atoms with van der Waals surface area (Å²) < 4.78 is 9.83. The number of hydrogen-bond donors (Lipinski definition) is 1. The molecular formula is C16H17LiO4. The van der Waals surface area contributed by atoms with Crippen LogP contribution < -0.4 is 28.3 Å². The summed E-state index contributed by atoms with van der Waals surface area (Å²) >= 11 is 0. The van der Waals surface area contributed by atoms with Gasteiger partial charge in [-0.05, 0) is 24.3 Å². The van der Waals surface area contributed by atoms with E-state index in [9.17, 15) is 4.79 Å². The van der Waals surface area contributed by atoms with Crippen LogP contribution in [-0.2, 0) is 4.79 Å². The minimum Gasteiger partial charge on any atom is -0.497 e. The van der Waals surface area contributed by atoms with Crippen molar-refractivity contribution in [3.8, 4) is 11.5 Å². The zero-order chi connectivity index (χ0) is 14.8. The van der Waals surface area contributed by atoms with Crippen LogP contribution in [0.2, 0.25) is 0 Å². The maximum Gasteiger partial charge on any atom is 1.00 e. The maximum absolute atomic E-state index is 10.1. The number of rotatable bonds is 4. The quantitative estimate of drug-likeness (QED) is 0.634. The van der Waals surface area contributed by atoms with Crippen molar-refractivity contribution in [2.24, 2.45) is 0 Å². The molecule has 0 radical (unpaired) electrons. The van der Waals surface area contributed by atoms with Gasteiger partial charge in [-0.2, -0.15) is 24.6 Å². The molecule has 0 aliphatic rings. The standard InChI is InChI=1S/C9H10O4.C7H7.Li/c1-12-7-2-4-8(5-3-7)13-6-9(10)11;1-7-5-3-2-4-6-7;/h2-5H,6H2,1H3,(H,10,11);2-6H,1H2;/q;-1;+1. The predicted molar refractivity (Wildman–Crippen MR) is 77.0 cm³/mol. The summed E-state index contributed by atoms with van der Waals surface area (Å²) in [5.74, 6) is 0.238. The molecule has 0 unspecified atom stereocenters. The van der Waals surface area contributed by atoms with Crippen molar-refractivity contribution in [3.05, 3.63) is 67.1 Å². The van der Waals surface area contributed by atoms with Gasteiger partial charge in [0.05, 0.1) is 7.11 Å². The molecule has 0 aromatic heterocycles. The van der Waals surface area contributed by atoms with Crippen molar-refractivity contribution in [2.45, 2.75) is 0 Å². The van der Waals surface area contributed by atoms with Gasteiger partial charge in [-0.1, -0.05) is 6.07 Å². The van der Waals surface area contributed by atoms with E-state index in [-0.39, 0.29) is 25.5 Å². The SMILES string of the molecule is COc1ccc(OCC(=O)O)cc1.[CH2-]c1ccccc1.[Li+]. The Morgan fingerprint density at radius 2 is 1.57 bits per heavy atom. The Morgan fingerprint density at radius 1 is 1.05 bits per heavy atom. The van der Waals surface area contributed by atoms with Gasteiger partial charge < -0.3 is 14.6 Å². The molecule has 2 rings (SSSR count). The molecule has 0 aliphatic heterocycles. The molecule has 106 valence electrons. The average molecular weight is 280 g/mol. The van der Waals surface area contributed by atoms with E-state index < -0.39 is 5.97 Å². The van der Waals surface area contributed by atoms with Crippen LogP contribution in [0.4, 0.5) is 0 Å². The van der Waals surface area contributed by atoms with Crippen LogP contribution in [0.25, 0.3) is 0 Å². The summed E-state index contributed by atoms with van der Waals surface area (Å²) in [4.78, 5) is 10.1. The van der Waals surface area contributed by atoms with Crippen molar-refractivity contribution in [2.75, 3.05) is 13.7 Å². The fourth-order valence-corrected chi connectivity index (χ4v) is 1.30. The van der Waals surface area contributed by atoms with Gasteiger partial charge in [0.2, 0.25) is 0 Å². The Labute approximate surface area is 136 Å². The van der Waals surface area contributed by atoms with Crippen LogP contribution in [-0.4, -0.2) is 24.8 Å². The molecule has 0 spiro atoms. The molecular weight excluding hydrogens is 263 g/mol. The second-order valence-electron chi connectivity index (χ2n) is 3.84. The molecule has 0 aliphatic carbocycles. The van der Waals surface area contributed by atoms with Crippen molar-refractivity contribution in [1.82, 2.24) is 0 Å². The third-order valence-corrected chi connectivity index (χ3v) is 2.26. The summed E-state index contributed by atoms with van der Waals surface area (Å²) in [6, 6.07) is 16.6. The van der Waals surface area contributed by atoms with Crippen LogP contribution in [0.3, 0.4) is 0 Å². The number of ether oxygens (including phenoxy) is 2. The first-order chi connectivity index (χ1) is 9.61. The van der Waals surface area contributed by atoms with E-state index in [0.29, 0.717) is 11.5 Å². The summed E-state index contributed by atoms with van der Waals surface area (Å²) in [6.07, 6.45) is 0. The molecule has 0 atom stereocenters. The summed E-state index contributed by atoms with van der Waals surface area (Å²) in [7, 11) is 1.56. The second-order valence-corrected chi connectivity index (χ2v) is 3.84. The Morgan fingerprint density at radius 3 is 1.95 bits per heavy atom. The van der Waals surface area contributed by atoms with Crippen LogP contribution in [0.15, 0.2) is 54.6 Å². The first-order valence-corrected chi connectivity index (χ1v) is 5.97. The molecule has 21 heavy (non-hydrogen) atoms. The Kier molecular flexibility index (Phi) is 9.69. The van der Waals surface area contributed by atoms with E-state index in [2.05, 4.69) is 6.92 Å². The molecule has 0 bridgehead atoms. The molecule has 5 heteroatoms. The first kappa shape index (κ1) is 19.0. The minimum atomic E-state index is -0.990. The zero-order valence-corrected chi connectivity index (χ0v) is 12.3.